The molecule has 10 heteroatoms. The van der Waals surface area contributed by atoms with Gasteiger partial charge in [-0.1, -0.05) is 0 Å². The second-order valence-corrected chi connectivity index (χ2v) is 5.00. The molecule has 22 heavy (non-hydrogen) atoms. The Morgan fingerprint density at radius 3 is 2.86 bits per heavy atom. The van der Waals surface area contributed by atoms with Gasteiger partial charge in [0.25, 0.3) is 5.56 Å². The van der Waals surface area contributed by atoms with Crippen LogP contribution in [0, 0.1) is 0 Å². The molecule has 0 amide bonds. The van der Waals surface area contributed by atoms with Crippen LogP contribution in [0.4, 0.5) is 5.95 Å². The van der Waals surface area contributed by atoms with Gasteiger partial charge in [-0.2, -0.15) is 4.98 Å². The fourth-order valence-corrected chi connectivity index (χ4v) is 2.47. The Hall–Kier alpha value is -2.01. The number of hydrogen-bond acceptors (Lipinski definition) is 8. The molecule has 3 heterocycles. The lowest BCUT2D eigenvalue weighted by Gasteiger charge is -2.16. The average molecular weight is 311 g/mol. The molecule has 1 aliphatic heterocycles. The maximum absolute atomic E-state index is 12.0. The van der Waals surface area contributed by atoms with E-state index in [1.54, 1.807) is 0 Å². The number of rotatable bonds is 4. The van der Waals surface area contributed by atoms with Crippen molar-refractivity contribution < 1.29 is 20.1 Å². The fraction of sp³-hybridized carbons (Fsp3) is 0.583. The molecule has 5 N–H and O–H groups in total. The minimum atomic E-state index is -1.27. The Kier molecular flexibility index (Phi) is 3.83. The van der Waals surface area contributed by atoms with E-state index in [0.717, 1.165) is 0 Å². The van der Waals surface area contributed by atoms with Crippen molar-refractivity contribution in [2.75, 3.05) is 18.5 Å². The van der Waals surface area contributed by atoms with Crippen LogP contribution < -0.4 is 10.9 Å². The zero-order chi connectivity index (χ0) is 15.9. The van der Waals surface area contributed by atoms with Crippen molar-refractivity contribution in [2.45, 2.75) is 31.5 Å². The number of aromatic amines is 1. The lowest BCUT2D eigenvalue weighted by atomic mass is 10.1. The zero-order valence-corrected chi connectivity index (χ0v) is 11.8. The van der Waals surface area contributed by atoms with Crippen LogP contribution in [0.5, 0.6) is 0 Å². The van der Waals surface area contributed by atoms with Gasteiger partial charge < -0.3 is 25.4 Å². The normalized spacial score (nSPS) is 28.4. The number of H-pyrrole nitrogens is 1. The Balaban J connectivity index is 2.06. The van der Waals surface area contributed by atoms with Crippen LogP contribution in [0.25, 0.3) is 11.2 Å². The second-order valence-electron chi connectivity index (χ2n) is 5.00. The van der Waals surface area contributed by atoms with Gasteiger partial charge in [0, 0.05) is 6.54 Å². The number of nitrogens with zero attached hydrogens (tertiary/aromatic N) is 3. The van der Waals surface area contributed by atoms with Crippen LogP contribution in [0.3, 0.4) is 0 Å². The molecule has 0 aliphatic carbocycles. The molecule has 120 valence electrons. The molecular formula is C12H17N5O5. The Labute approximate surface area is 124 Å². The van der Waals surface area contributed by atoms with Crippen molar-refractivity contribution in [3.63, 3.8) is 0 Å². The molecule has 1 saturated heterocycles. The van der Waals surface area contributed by atoms with Crippen LogP contribution in [-0.2, 0) is 4.74 Å². The van der Waals surface area contributed by atoms with Gasteiger partial charge in [0.05, 0.1) is 12.9 Å². The third-order valence-electron chi connectivity index (χ3n) is 3.57. The summed E-state index contributed by atoms with van der Waals surface area (Å²) in [5, 5.41) is 31.9. The van der Waals surface area contributed by atoms with E-state index in [9.17, 15) is 15.0 Å². The summed E-state index contributed by atoms with van der Waals surface area (Å²) in [5.41, 5.74) is -0.111. The number of nitrogens with one attached hydrogen (secondary N) is 2. The molecule has 10 nitrogen and oxygen atoms in total. The monoisotopic (exact) mass is 311 g/mol. The molecule has 0 aromatic carbocycles. The topological polar surface area (TPSA) is 146 Å². The lowest BCUT2D eigenvalue weighted by molar-refractivity contribution is -0.0511. The third-order valence-corrected chi connectivity index (χ3v) is 3.57. The summed E-state index contributed by atoms with van der Waals surface area (Å²) in [7, 11) is 0. The summed E-state index contributed by atoms with van der Waals surface area (Å²) in [6.07, 6.45) is -3.09. The molecule has 1 fully saturated rings. The zero-order valence-electron chi connectivity index (χ0n) is 11.8. The summed E-state index contributed by atoms with van der Waals surface area (Å²) in [6, 6.07) is 0. The van der Waals surface area contributed by atoms with E-state index in [0.29, 0.717) is 6.54 Å². The van der Waals surface area contributed by atoms with Crippen LogP contribution in [0.2, 0.25) is 0 Å². The van der Waals surface area contributed by atoms with Gasteiger partial charge >= 0.3 is 0 Å². The molecule has 4 atom stereocenters. The lowest BCUT2D eigenvalue weighted by Crippen LogP contribution is -2.33. The minimum Gasteiger partial charge on any atom is -0.394 e. The van der Waals surface area contributed by atoms with Gasteiger partial charge in [-0.15, -0.1) is 0 Å². The number of aromatic nitrogens is 4. The molecule has 0 saturated carbocycles. The highest BCUT2D eigenvalue weighted by atomic mass is 16.6. The van der Waals surface area contributed by atoms with E-state index in [2.05, 4.69) is 20.3 Å². The summed E-state index contributed by atoms with van der Waals surface area (Å²) in [5.74, 6) is 0.272. The molecule has 2 aromatic heterocycles. The van der Waals surface area contributed by atoms with Crippen LogP contribution in [-0.4, -0.2) is 66.3 Å². The first-order valence-corrected chi connectivity index (χ1v) is 6.90. The molecule has 0 radical (unpaired) electrons. The highest BCUT2D eigenvalue weighted by molar-refractivity contribution is 5.70. The number of aliphatic hydroxyl groups excluding tert-OH is 3. The van der Waals surface area contributed by atoms with Crippen molar-refractivity contribution in [1.82, 2.24) is 19.5 Å². The van der Waals surface area contributed by atoms with Crippen LogP contribution in [0.15, 0.2) is 11.1 Å². The number of fused-ring (bicyclic) bond motifs is 1. The van der Waals surface area contributed by atoms with E-state index in [4.69, 9.17) is 9.84 Å². The van der Waals surface area contributed by atoms with Gasteiger partial charge in [0.2, 0.25) is 5.95 Å². The summed E-state index contributed by atoms with van der Waals surface area (Å²) in [4.78, 5) is 22.7. The first-order valence-electron chi connectivity index (χ1n) is 6.90. The van der Waals surface area contributed by atoms with Gasteiger partial charge in [-0.25, -0.2) is 4.98 Å². The van der Waals surface area contributed by atoms with Crippen molar-refractivity contribution in [3.8, 4) is 0 Å². The minimum absolute atomic E-state index is 0.0967. The Morgan fingerprint density at radius 1 is 1.45 bits per heavy atom. The quantitative estimate of drug-likeness (QED) is 0.443. The predicted molar refractivity (Wildman–Crippen MR) is 75.3 cm³/mol. The molecule has 0 spiro atoms. The van der Waals surface area contributed by atoms with Gasteiger partial charge in [0.1, 0.15) is 18.3 Å². The van der Waals surface area contributed by atoms with E-state index in [1.165, 1.54) is 10.9 Å². The first-order chi connectivity index (χ1) is 10.6. The second kappa shape index (κ2) is 5.65. The van der Waals surface area contributed by atoms with Crippen molar-refractivity contribution in [1.29, 1.82) is 0 Å². The largest absolute Gasteiger partial charge is 0.394 e. The Morgan fingerprint density at radius 2 is 2.23 bits per heavy atom. The highest BCUT2D eigenvalue weighted by Crippen LogP contribution is 2.30. The predicted octanol–water partition coefficient (Wildman–Crippen LogP) is -1.84. The van der Waals surface area contributed by atoms with E-state index < -0.39 is 36.7 Å². The van der Waals surface area contributed by atoms with Gasteiger partial charge in [-0.3, -0.25) is 14.3 Å². The Bertz CT molecular complexity index is 728. The number of imidazole rings is 1. The SMILES string of the molecule is CCNc1nc2c(ncn2[C@@H]2O[C@H](CO)[C@@H](O)[C@H]2O)c(=O)[nH]1. The van der Waals surface area contributed by atoms with Crippen molar-refractivity contribution in [3.05, 3.63) is 16.7 Å². The number of ether oxygens (including phenoxy) is 1. The molecular weight excluding hydrogens is 294 g/mol. The third kappa shape index (κ3) is 2.25. The summed E-state index contributed by atoms with van der Waals surface area (Å²) < 4.78 is 6.80. The fourth-order valence-electron chi connectivity index (χ4n) is 2.47. The summed E-state index contributed by atoms with van der Waals surface area (Å²) >= 11 is 0. The van der Waals surface area contributed by atoms with E-state index in [1.807, 2.05) is 6.92 Å². The number of aliphatic hydroxyl groups is 3. The van der Waals surface area contributed by atoms with Gasteiger partial charge in [0.15, 0.2) is 17.4 Å². The molecule has 0 unspecified atom stereocenters. The highest BCUT2D eigenvalue weighted by Gasteiger charge is 2.44. The van der Waals surface area contributed by atoms with E-state index >= 15 is 0 Å². The molecule has 3 rings (SSSR count). The molecule has 2 aromatic rings. The standard InChI is InChI=1S/C12H17N5O5/c1-2-13-12-15-9-6(10(21)16-12)14-4-17(9)11-8(20)7(19)5(3-18)22-11/h4-5,7-8,11,18-20H,2-3H2,1H3,(H2,13,15,16,21)/t5-,7-,8-,11-/m1/s1. The van der Waals surface area contributed by atoms with Crippen LogP contribution >= 0.6 is 0 Å². The van der Waals surface area contributed by atoms with Crippen molar-refractivity contribution >= 4 is 17.1 Å². The molecule has 0 bridgehead atoms. The number of hydrogen-bond donors (Lipinski definition) is 5. The maximum Gasteiger partial charge on any atom is 0.280 e. The van der Waals surface area contributed by atoms with Crippen molar-refractivity contribution in [2.24, 2.45) is 0 Å². The summed E-state index contributed by atoms with van der Waals surface area (Å²) in [6.45, 7) is 1.99. The average Bonchev–Trinajstić information content (AvgIpc) is 3.03. The number of anilines is 1. The maximum atomic E-state index is 12.0. The smallest absolute Gasteiger partial charge is 0.280 e. The van der Waals surface area contributed by atoms with Gasteiger partial charge in [-0.05, 0) is 6.92 Å². The molecule has 1 aliphatic rings. The van der Waals surface area contributed by atoms with Crippen LogP contribution in [0.1, 0.15) is 13.2 Å². The first kappa shape index (κ1) is 14.9. The van der Waals surface area contributed by atoms with E-state index in [-0.39, 0.29) is 17.1 Å².